The summed E-state index contributed by atoms with van der Waals surface area (Å²) >= 11 is 1.61. The molecule has 0 radical (unpaired) electrons. The summed E-state index contributed by atoms with van der Waals surface area (Å²) in [6.07, 6.45) is 10.8. The van der Waals surface area contributed by atoms with E-state index in [4.69, 9.17) is 0 Å². The number of carbonyl (C=O) groups is 1. The molecule has 27 heavy (non-hydrogen) atoms. The van der Waals surface area contributed by atoms with Gasteiger partial charge < -0.3 is 9.47 Å². The highest BCUT2D eigenvalue weighted by molar-refractivity contribution is 7.07. The highest BCUT2D eigenvalue weighted by Gasteiger charge is 2.27. The molecule has 1 aliphatic heterocycles. The van der Waals surface area contributed by atoms with Crippen LogP contribution in [0.2, 0.25) is 0 Å². The molecule has 0 spiro atoms. The van der Waals surface area contributed by atoms with Crippen LogP contribution >= 0.6 is 11.3 Å². The first-order valence-corrected chi connectivity index (χ1v) is 10.3. The van der Waals surface area contributed by atoms with E-state index in [0.29, 0.717) is 6.42 Å². The van der Waals surface area contributed by atoms with Gasteiger partial charge in [0.15, 0.2) is 0 Å². The molecule has 0 bridgehead atoms. The van der Waals surface area contributed by atoms with Gasteiger partial charge >= 0.3 is 0 Å². The average molecular weight is 382 g/mol. The number of nitrogens with zero attached hydrogens (tertiary/aromatic N) is 5. The predicted molar refractivity (Wildman–Crippen MR) is 105 cm³/mol. The zero-order chi connectivity index (χ0) is 18.5. The van der Waals surface area contributed by atoms with Crippen LogP contribution in [0.15, 0.2) is 47.8 Å². The smallest absolute Gasteiger partial charge is 0.222 e. The second-order valence-corrected chi connectivity index (χ2v) is 7.65. The van der Waals surface area contributed by atoms with Crippen molar-refractivity contribution in [2.45, 2.75) is 38.1 Å². The molecule has 4 heterocycles. The lowest BCUT2D eigenvalue weighted by Gasteiger charge is -2.32. The number of pyridine rings is 1. The molecule has 1 unspecified atom stereocenters. The number of amides is 1. The number of thiazole rings is 1. The first-order chi connectivity index (χ1) is 13.3. The lowest BCUT2D eigenvalue weighted by Crippen LogP contribution is -2.39. The standard InChI is InChI=1S/C20H23N5OS/c26-19(6-5-16-3-1-7-21-11-16)24-9-2-4-17(12-24)20-22-8-10-25(20)13-18-14-27-15-23-18/h1,3,7-8,10-11,14-15,17H,2,4-6,9,12-13H2. The third-order valence-corrected chi connectivity index (χ3v) is 5.69. The fourth-order valence-electron chi connectivity index (χ4n) is 3.67. The molecule has 0 aromatic carbocycles. The minimum Gasteiger partial charge on any atom is -0.342 e. The van der Waals surface area contributed by atoms with Crippen molar-refractivity contribution >= 4 is 17.2 Å². The van der Waals surface area contributed by atoms with Crippen LogP contribution in [0.3, 0.4) is 0 Å². The molecule has 3 aromatic rings. The molecule has 0 aliphatic carbocycles. The lowest BCUT2D eigenvalue weighted by molar-refractivity contribution is -0.132. The van der Waals surface area contributed by atoms with Crippen molar-refractivity contribution in [2.75, 3.05) is 13.1 Å². The Morgan fingerprint density at radius 3 is 3.07 bits per heavy atom. The highest BCUT2D eigenvalue weighted by Crippen LogP contribution is 2.27. The predicted octanol–water partition coefficient (Wildman–Crippen LogP) is 3.12. The summed E-state index contributed by atoms with van der Waals surface area (Å²) in [4.78, 5) is 27.8. The molecule has 1 aliphatic rings. The number of aromatic nitrogens is 4. The van der Waals surface area contributed by atoms with Gasteiger partial charge in [-0.15, -0.1) is 11.3 Å². The van der Waals surface area contributed by atoms with Crippen molar-refractivity contribution < 1.29 is 4.79 Å². The van der Waals surface area contributed by atoms with Crippen LogP contribution in [0, 0.1) is 0 Å². The molecular formula is C20H23N5OS. The quantitative estimate of drug-likeness (QED) is 0.658. The fraction of sp³-hybridized carbons (Fsp3) is 0.400. The molecule has 7 heteroatoms. The summed E-state index contributed by atoms with van der Waals surface area (Å²) in [5.74, 6) is 1.57. The second-order valence-electron chi connectivity index (χ2n) is 6.93. The van der Waals surface area contributed by atoms with E-state index < -0.39 is 0 Å². The van der Waals surface area contributed by atoms with E-state index in [2.05, 4.69) is 24.9 Å². The molecule has 1 atom stereocenters. The van der Waals surface area contributed by atoms with Crippen molar-refractivity contribution in [1.29, 1.82) is 0 Å². The molecule has 1 fully saturated rings. The first-order valence-electron chi connectivity index (χ1n) is 9.34. The number of hydrogen-bond donors (Lipinski definition) is 0. The van der Waals surface area contributed by atoms with E-state index in [1.165, 1.54) is 0 Å². The third kappa shape index (κ3) is 4.42. The number of likely N-dealkylation sites (tertiary alicyclic amines) is 1. The zero-order valence-corrected chi connectivity index (χ0v) is 16.0. The summed E-state index contributed by atoms with van der Waals surface area (Å²) < 4.78 is 2.17. The number of aryl methyl sites for hydroxylation is 1. The fourth-order valence-corrected chi connectivity index (χ4v) is 4.22. The van der Waals surface area contributed by atoms with Crippen LogP contribution in [0.4, 0.5) is 0 Å². The number of carbonyl (C=O) groups excluding carboxylic acids is 1. The minimum atomic E-state index is 0.223. The van der Waals surface area contributed by atoms with Crippen LogP contribution < -0.4 is 0 Å². The Labute approximate surface area is 162 Å². The average Bonchev–Trinajstić information content (AvgIpc) is 3.39. The summed E-state index contributed by atoms with van der Waals surface area (Å²) in [7, 11) is 0. The summed E-state index contributed by atoms with van der Waals surface area (Å²) in [6.45, 7) is 2.33. The molecule has 0 saturated carbocycles. The maximum absolute atomic E-state index is 12.7. The lowest BCUT2D eigenvalue weighted by atomic mass is 9.96. The van der Waals surface area contributed by atoms with Gasteiger partial charge in [0, 0.05) is 55.6 Å². The van der Waals surface area contributed by atoms with Crippen LogP contribution in [0.5, 0.6) is 0 Å². The number of rotatable bonds is 6. The Morgan fingerprint density at radius 1 is 1.30 bits per heavy atom. The number of piperidine rings is 1. The van der Waals surface area contributed by atoms with Crippen LogP contribution in [-0.2, 0) is 17.8 Å². The van der Waals surface area contributed by atoms with Crippen molar-refractivity contribution in [2.24, 2.45) is 0 Å². The third-order valence-electron chi connectivity index (χ3n) is 5.05. The van der Waals surface area contributed by atoms with Crippen molar-refractivity contribution in [3.63, 3.8) is 0 Å². The molecular weight excluding hydrogens is 358 g/mol. The first kappa shape index (κ1) is 17.9. The van der Waals surface area contributed by atoms with Crippen LogP contribution in [-0.4, -0.2) is 43.4 Å². The maximum atomic E-state index is 12.7. The maximum Gasteiger partial charge on any atom is 0.222 e. The zero-order valence-electron chi connectivity index (χ0n) is 15.2. The van der Waals surface area contributed by atoms with E-state index >= 15 is 0 Å². The van der Waals surface area contributed by atoms with E-state index in [-0.39, 0.29) is 11.8 Å². The van der Waals surface area contributed by atoms with Crippen molar-refractivity contribution in [3.05, 3.63) is 64.9 Å². The molecule has 3 aromatic heterocycles. The van der Waals surface area contributed by atoms with Gasteiger partial charge in [-0.2, -0.15) is 0 Å². The van der Waals surface area contributed by atoms with Gasteiger partial charge in [-0.25, -0.2) is 9.97 Å². The molecule has 1 saturated heterocycles. The van der Waals surface area contributed by atoms with Gasteiger partial charge in [-0.1, -0.05) is 6.07 Å². The molecule has 1 amide bonds. The van der Waals surface area contributed by atoms with Crippen LogP contribution in [0.1, 0.15) is 42.3 Å². The Bertz CT molecular complexity index is 862. The summed E-state index contributed by atoms with van der Waals surface area (Å²) in [5.41, 5.74) is 4.02. The van der Waals surface area contributed by atoms with Crippen molar-refractivity contribution in [1.82, 2.24) is 24.4 Å². The highest BCUT2D eigenvalue weighted by atomic mass is 32.1. The van der Waals surface area contributed by atoms with Gasteiger partial charge in [0.05, 0.1) is 17.7 Å². The van der Waals surface area contributed by atoms with E-state index in [1.807, 2.05) is 41.1 Å². The van der Waals surface area contributed by atoms with E-state index in [1.54, 1.807) is 17.5 Å². The van der Waals surface area contributed by atoms with Crippen LogP contribution in [0.25, 0.3) is 0 Å². The largest absolute Gasteiger partial charge is 0.342 e. The minimum absolute atomic E-state index is 0.223. The molecule has 0 N–H and O–H groups in total. The van der Waals surface area contributed by atoms with Gasteiger partial charge in [-0.3, -0.25) is 9.78 Å². The number of imidazole rings is 1. The van der Waals surface area contributed by atoms with Gasteiger partial charge in [0.1, 0.15) is 5.82 Å². The normalized spacial score (nSPS) is 17.2. The van der Waals surface area contributed by atoms with Gasteiger partial charge in [-0.05, 0) is 30.9 Å². The molecule has 140 valence electrons. The Kier molecular flexibility index (Phi) is 5.58. The van der Waals surface area contributed by atoms with Gasteiger partial charge in [0.2, 0.25) is 5.91 Å². The Balaban J connectivity index is 1.38. The summed E-state index contributed by atoms with van der Waals surface area (Å²) in [6, 6.07) is 3.94. The molecule has 6 nitrogen and oxygen atoms in total. The monoisotopic (exact) mass is 381 g/mol. The van der Waals surface area contributed by atoms with Crippen molar-refractivity contribution in [3.8, 4) is 0 Å². The number of hydrogen-bond acceptors (Lipinski definition) is 5. The SMILES string of the molecule is O=C(CCc1cccnc1)N1CCCC(c2nccn2Cc2cscn2)C1. The Hall–Kier alpha value is -2.54. The topological polar surface area (TPSA) is 63.9 Å². The Morgan fingerprint density at radius 2 is 2.26 bits per heavy atom. The molecule has 4 rings (SSSR count). The van der Waals surface area contributed by atoms with E-state index in [0.717, 1.165) is 56.0 Å². The second kappa shape index (κ2) is 8.43. The van der Waals surface area contributed by atoms with Gasteiger partial charge in [0.25, 0.3) is 0 Å². The van der Waals surface area contributed by atoms with E-state index in [9.17, 15) is 4.79 Å². The summed E-state index contributed by atoms with van der Waals surface area (Å²) in [5, 5.41) is 2.07.